The van der Waals surface area contributed by atoms with Gasteiger partial charge in [-0.25, -0.2) is 4.79 Å². The zero-order chi connectivity index (χ0) is 17.3. The fraction of sp³-hybridized carbons (Fsp3) is 0.222. The zero-order valence-electron chi connectivity index (χ0n) is 13.0. The average molecular weight is 364 g/mol. The molecule has 1 unspecified atom stereocenters. The Morgan fingerprint density at radius 2 is 1.92 bits per heavy atom. The summed E-state index contributed by atoms with van der Waals surface area (Å²) in [6.07, 6.45) is 0.794. The van der Waals surface area contributed by atoms with Gasteiger partial charge < -0.3 is 9.64 Å². The van der Waals surface area contributed by atoms with Crippen molar-refractivity contribution in [2.24, 2.45) is 0 Å². The number of nitrogens with zero attached hydrogens (tertiary/aromatic N) is 1. The minimum Gasteiger partial charge on any atom is -0.452 e. The number of ether oxygens (including phenoxy) is 1. The topological polar surface area (TPSA) is 46.6 Å². The number of para-hydroxylation sites is 1. The van der Waals surface area contributed by atoms with Crippen LogP contribution in [0.25, 0.3) is 0 Å². The maximum Gasteiger partial charge on any atom is 0.338 e. The number of hydrogen-bond acceptors (Lipinski definition) is 3. The standard InChI is InChI=1S/C18H15Cl2NO3/c1-11-8-12-4-2-3-5-16(12)21(11)17(22)10-24-18(23)13-6-7-14(19)15(20)9-13/h2-7,9,11H,8,10H2,1H3. The number of carbonyl (C=O) groups is 2. The quantitative estimate of drug-likeness (QED) is 0.770. The van der Waals surface area contributed by atoms with Crippen LogP contribution in [0.3, 0.4) is 0 Å². The zero-order valence-corrected chi connectivity index (χ0v) is 14.5. The SMILES string of the molecule is CC1Cc2ccccc2N1C(=O)COC(=O)c1ccc(Cl)c(Cl)c1. The van der Waals surface area contributed by atoms with Gasteiger partial charge in [-0.15, -0.1) is 0 Å². The number of hydrogen-bond donors (Lipinski definition) is 0. The van der Waals surface area contributed by atoms with Gasteiger partial charge in [0.15, 0.2) is 6.61 Å². The fourth-order valence-corrected chi connectivity index (χ4v) is 3.15. The highest BCUT2D eigenvalue weighted by molar-refractivity contribution is 6.42. The predicted molar refractivity (Wildman–Crippen MR) is 93.8 cm³/mol. The first-order valence-corrected chi connectivity index (χ1v) is 8.25. The third-order valence-corrected chi connectivity index (χ3v) is 4.70. The summed E-state index contributed by atoms with van der Waals surface area (Å²) < 4.78 is 5.13. The highest BCUT2D eigenvalue weighted by Gasteiger charge is 2.31. The van der Waals surface area contributed by atoms with Crippen molar-refractivity contribution in [1.29, 1.82) is 0 Å². The van der Waals surface area contributed by atoms with Crippen molar-refractivity contribution in [3.05, 3.63) is 63.6 Å². The second-order valence-electron chi connectivity index (χ2n) is 5.65. The Labute approximate surface area is 149 Å². The first-order valence-electron chi connectivity index (χ1n) is 7.49. The normalized spacial score (nSPS) is 16.0. The molecule has 124 valence electrons. The molecule has 0 radical (unpaired) electrons. The van der Waals surface area contributed by atoms with E-state index in [1.807, 2.05) is 31.2 Å². The van der Waals surface area contributed by atoms with Crippen LogP contribution < -0.4 is 4.90 Å². The van der Waals surface area contributed by atoms with Crippen molar-refractivity contribution in [1.82, 2.24) is 0 Å². The molecule has 0 fully saturated rings. The van der Waals surface area contributed by atoms with Gasteiger partial charge in [0.25, 0.3) is 5.91 Å². The molecule has 0 spiro atoms. The van der Waals surface area contributed by atoms with Gasteiger partial charge in [-0.1, -0.05) is 41.4 Å². The van der Waals surface area contributed by atoms with E-state index in [0.717, 1.165) is 17.7 Å². The molecule has 1 atom stereocenters. The van der Waals surface area contributed by atoms with E-state index >= 15 is 0 Å². The number of anilines is 1. The Hall–Kier alpha value is -2.04. The van der Waals surface area contributed by atoms with Gasteiger partial charge in [-0.05, 0) is 43.2 Å². The molecule has 3 rings (SSSR count). The van der Waals surface area contributed by atoms with Crippen LogP contribution in [0, 0.1) is 0 Å². The minimum absolute atomic E-state index is 0.0404. The summed E-state index contributed by atoms with van der Waals surface area (Å²) in [5.74, 6) is -0.858. The lowest BCUT2D eigenvalue weighted by Gasteiger charge is -2.22. The van der Waals surface area contributed by atoms with Crippen LogP contribution >= 0.6 is 23.2 Å². The molecule has 0 aromatic heterocycles. The smallest absolute Gasteiger partial charge is 0.338 e. The summed E-state index contributed by atoms with van der Waals surface area (Å²) in [7, 11) is 0. The summed E-state index contributed by atoms with van der Waals surface area (Å²) in [4.78, 5) is 26.2. The third kappa shape index (κ3) is 3.25. The second-order valence-corrected chi connectivity index (χ2v) is 6.47. The summed E-state index contributed by atoms with van der Waals surface area (Å²) in [5, 5.41) is 0.617. The summed E-state index contributed by atoms with van der Waals surface area (Å²) >= 11 is 11.7. The number of esters is 1. The molecule has 0 saturated carbocycles. The Kier molecular flexibility index (Phi) is 4.78. The van der Waals surface area contributed by atoms with E-state index in [0.29, 0.717) is 5.02 Å². The Morgan fingerprint density at radius 3 is 2.67 bits per heavy atom. The molecule has 24 heavy (non-hydrogen) atoms. The van der Waals surface area contributed by atoms with Crippen LogP contribution in [0.1, 0.15) is 22.8 Å². The Morgan fingerprint density at radius 1 is 1.17 bits per heavy atom. The molecule has 0 N–H and O–H groups in total. The van der Waals surface area contributed by atoms with E-state index in [2.05, 4.69) is 0 Å². The molecule has 1 heterocycles. The third-order valence-electron chi connectivity index (χ3n) is 3.96. The van der Waals surface area contributed by atoms with Crippen molar-refractivity contribution in [3.8, 4) is 0 Å². The molecule has 2 aromatic carbocycles. The highest BCUT2D eigenvalue weighted by Crippen LogP contribution is 2.31. The van der Waals surface area contributed by atoms with Gasteiger partial charge in [0, 0.05) is 11.7 Å². The predicted octanol–water partition coefficient (Wildman–Crippen LogP) is 4.13. The van der Waals surface area contributed by atoms with Crippen LogP contribution in [0.4, 0.5) is 5.69 Å². The molecule has 1 aliphatic rings. The van der Waals surface area contributed by atoms with Crippen molar-refractivity contribution >= 4 is 40.8 Å². The number of carbonyl (C=O) groups excluding carboxylic acids is 2. The van der Waals surface area contributed by atoms with Crippen LogP contribution in [-0.2, 0) is 16.0 Å². The molecule has 1 amide bonds. The lowest BCUT2D eigenvalue weighted by atomic mass is 10.1. The van der Waals surface area contributed by atoms with Gasteiger partial charge in [0.2, 0.25) is 0 Å². The van der Waals surface area contributed by atoms with E-state index in [-0.39, 0.29) is 29.1 Å². The summed E-state index contributed by atoms with van der Waals surface area (Å²) in [5.41, 5.74) is 2.25. The van der Waals surface area contributed by atoms with Gasteiger partial charge in [0.05, 0.1) is 15.6 Å². The Bertz CT molecular complexity index is 807. The fourth-order valence-electron chi connectivity index (χ4n) is 2.85. The van der Waals surface area contributed by atoms with Crippen LogP contribution in [-0.4, -0.2) is 24.5 Å². The highest BCUT2D eigenvalue weighted by atomic mass is 35.5. The molecular formula is C18H15Cl2NO3. The maximum absolute atomic E-state index is 12.5. The molecule has 1 aliphatic heterocycles. The first-order chi connectivity index (χ1) is 11.5. The first kappa shape index (κ1) is 16.8. The van der Waals surface area contributed by atoms with Crippen molar-refractivity contribution in [3.63, 3.8) is 0 Å². The number of fused-ring (bicyclic) bond motifs is 1. The molecule has 0 aliphatic carbocycles. The van der Waals surface area contributed by atoms with E-state index in [1.165, 1.54) is 18.2 Å². The lowest BCUT2D eigenvalue weighted by molar-refractivity contribution is -0.122. The summed E-state index contributed by atoms with van der Waals surface area (Å²) in [6, 6.07) is 12.2. The molecular weight excluding hydrogens is 349 g/mol. The summed E-state index contributed by atoms with van der Waals surface area (Å²) in [6.45, 7) is 1.65. The number of halogens is 2. The van der Waals surface area contributed by atoms with Crippen molar-refractivity contribution in [2.75, 3.05) is 11.5 Å². The molecule has 0 bridgehead atoms. The number of benzene rings is 2. The van der Waals surface area contributed by atoms with Gasteiger partial charge in [0.1, 0.15) is 0 Å². The van der Waals surface area contributed by atoms with Crippen molar-refractivity contribution in [2.45, 2.75) is 19.4 Å². The largest absolute Gasteiger partial charge is 0.452 e. The number of amides is 1. The van der Waals surface area contributed by atoms with E-state index in [1.54, 1.807) is 4.90 Å². The van der Waals surface area contributed by atoms with E-state index in [9.17, 15) is 9.59 Å². The monoisotopic (exact) mass is 363 g/mol. The van der Waals surface area contributed by atoms with Crippen LogP contribution in [0.2, 0.25) is 10.0 Å². The second kappa shape index (κ2) is 6.83. The maximum atomic E-state index is 12.5. The van der Waals surface area contributed by atoms with E-state index in [4.69, 9.17) is 27.9 Å². The molecule has 4 nitrogen and oxygen atoms in total. The molecule has 6 heteroatoms. The van der Waals surface area contributed by atoms with Crippen molar-refractivity contribution < 1.29 is 14.3 Å². The Balaban J connectivity index is 1.67. The van der Waals surface area contributed by atoms with Crippen LogP contribution in [0.15, 0.2) is 42.5 Å². The average Bonchev–Trinajstić information content (AvgIpc) is 2.90. The van der Waals surface area contributed by atoms with E-state index < -0.39 is 5.97 Å². The lowest BCUT2D eigenvalue weighted by Crippen LogP contribution is -2.38. The van der Waals surface area contributed by atoms with Gasteiger partial charge in [-0.3, -0.25) is 4.79 Å². The number of rotatable bonds is 3. The molecule has 2 aromatic rings. The minimum atomic E-state index is -0.609. The van der Waals surface area contributed by atoms with Crippen LogP contribution in [0.5, 0.6) is 0 Å². The molecule has 0 saturated heterocycles. The van der Waals surface area contributed by atoms with Gasteiger partial charge in [-0.2, -0.15) is 0 Å². The van der Waals surface area contributed by atoms with Gasteiger partial charge >= 0.3 is 5.97 Å².